The predicted octanol–water partition coefficient (Wildman–Crippen LogP) is 3.97. The minimum absolute atomic E-state index is 0.438. The Labute approximate surface area is 114 Å². The summed E-state index contributed by atoms with van der Waals surface area (Å²) in [6.45, 7) is 0.933. The number of benzene rings is 2. The standard InChI is InChI=1S/C18H18O/c1-3-7-13(8-4-1)16-15-11-12-19-18(15)17(16)14-9-5-2-6-10-14/h1-10,15-18H,11-12H2/t15-,16+,17-,18-/m0/s1. The van der Waals surface area contributed by atoms with Crippen molar-refractivity contribution in [2.24, 2.45) is 5.92 Å². The first-order valence-electron chi connectivity index (χ1n) is 7.16. The molecule has 0 amide bonds. The van der Waals surface area contributed by atoms with E-state index < -0.39 is 0 Å². The van der Waals surface area contributed by atoms with Gasteiger partial charge in [0.15, 0.2) is 0 Å². The van der Waals surface area contributed by atoms with Crippen molar-refractivity contribution in [2.75, 3.05) is 6.61 Å². The third-order valence-corrected chi connectivity index (χ3v) is 4.75. The maximum absolute atomic E-state index is 5.97. The largest absolute Gasteiger partial charge is 0.377 e. The highest BCUT2D eigenvalue weighted by Crippen LogP contribution is 2.58. The molecule has 0 unspecified atom stereocenters. The van der Waals surface area contributed by atoms with Gasteiger partial charge in [-0.05, 0) is 29.4 Å². The Kier molecular flexibility index (Phi) is 2.66. The minimum atomic E-state index is 0.438. The monoisotopic (exact) mass is 250 g/mol. The van der Waals surface area contributed by atoms with Crippen molar-refractivity contribution >= 4 is 0 Å². The average molecular weight is 250 g/mol. The molecule has 1 aliphatic heterocycles. The van der Waals surface area contributed by atoms with Crippen LogP contribution in [0.1, 0.15) is 29.4 Å². The molecule has 0 radical (unpaired) electrons. The molecule has 1 saturated carbocycles. The summed E-state index contributed by atoms with van der Waals surface area (Å²) in [5, 5.41) is 0. The zero-order valence-corrected chi connectivity index (χ0v) is 10.9. The molecular weight excluding hydrogens is 232 g/mol. The Bertz CT molecular complexity index is 497. The van der Waals surface area contributed by atoms with Crippen LogP contribution in [0.25, 0.3) is 0 Å². The highest BCUT2D eigenvalue weighted by atomic mass is 16.5. The molecular formula is C18H18O. The van der Waals surface area contributed by atoms with Gasteiger partial charge in [-0.1, -0.05) is 60.7 Å². The smallest absolute Gasteiger partial charge is 0.0684 e. The second-order valence-corrected chi connectivity index (χ2v) is 5.66. The molecule has 4 atom stereocenters. The second-order valence-electron chi connectivity index (χ2n) is 5.66. The fourth-order valence-electron chi connectivity index (χ4n) is 3.91. The summed E-state index contributed by atoms with van der Waals surface area (Å²) in [4.78, 5) is 0. The third-order valence-electron chi connectivity index (χ3n) is 4.75. The van der Waals surface area contributed by atoms with Crippen LogP contribution in [0, 0.1) is 5.92 Å². The second kappa shape index (κ2) is 4.50. The van der Waals surface area contributed by atoms with Crippen LogP contribution in [-0.2, 0) is 4.74 Å². The van der Waals surface area contributed by atoms with E-state index in [1.807, 2.05) is 0 Å². The van der Waals surface area contributed by atoms with E-state index in [4.69, 9.17) is 4.74 Å². The molecule has 96 valence electrons. The van der Waals surface area contributed by atoms with Crippen molar-refractivity contribution in [3.05, 3.63) is 71.8 Å². The quantitative estimate of drug-likeness (QED) is 0.783. The van der Waals surface area contributed by atoms with Crippen LogP contribution < -0.4 is 0 Å². The van der Waals surface area contributed by atoms with Crippen LogP contribution in [0.2, 0.25) is 0 Å². The Morgan fingerprint density at radius 1 is 0.737 bits per heavy atom. The SMILES string of the molecule is c1ccc([C@@H]2[C@@H]3CCO[C@@H]3[C@H]2c2ccccc2)cc1. The lowest BCUT2D eigenvalue weighted by Gasteiger charge is -2.48. The van der Waals surface area contributed by atoms with Gasteiger partial charge in [0.05, 0.1) is 6.10 Å². The highest BCUT2D eigenvalue weighted by molar-refractivity contribution is 5.36. The lowest BCUT2D eigenvalue weighted by atomic mass is 9.57. The third kappa shape index (κ3) is 1.73. The van der Waals surface area contributed by atoms with Crippen LogP contribution in [-0.4, -0.2) is 12.7 Å². The van der Waals surface area contributed by atoms with E-state index >= 15 is 0 Å². The van der Waals surface area contributed by atoms with E-state index in [-0.39, 0.29) is 0 Å². The molecule has 0 N–H and O–H groups in total. The molecule has 4 rings (SSSR count). The summed E-state index contributed by atoms with van der Waals surface area (Å²) < 4.78 is 5.97. The van der Waals surface area contributed by atoms with E-state index in [0.29, 0.717) is 23.9 Å². The summed E-state index contributed by atoms with van der Waals surface area (Å²) in [7, 11) is 0. The lowest BCUT2D eigenvalue weighted by Crippen LogP contribution is -2.45. The topological polar surface area (TPSA) is 9.23 Å². The van der Waals surface area contributed by atoms with Gasteiger partial charge in [-0.25, -0.2) is 0 Å². The van der Waals surface area contributed by atoms with Crippen molar-refractivity contribution < 1.29 is 4.74 Å². The maximum Gasteiger partial charge on any atom is 0.0684 e. The number of rotatable bonds is 2. The Morgan fingerprint density at radius 2 is 1.32 bits per heavy atom. The van der Waals surface area contributed by atoms with Gasteiger partial charge in [0.2, 0.25) is 0 Å². The molecule has 1 aliphatic carbocycles. The van der Waals surface area contributed by atoms with Crippen molar-refractivity contribution in [1.82, 2.24) is 0 Å². The Hall–Kier alpha value is -1.60. The van der Waals surface area contributed by atoms with E-state index in [2.05, 4.69) is 60.7 Å². The van der Waals surface area contributed by atoms with Crippen LogP contribution >= 0.6 is 0 Å². The van der Waals surface area contributed by atoms with Gasteiger partial charge in [0.25, 0.3) is 0 Å². The average Bonchev–Trinajstić information content (AvgIpc) is 2.85. The van der Waals surface area contributed by atoms with Gasteiger partial charge in [-0.3, -0.25) is 0 Å². The zero-order chi connectivity index (χ0) is 12.7. The van der Waals surface area contributed by atoms with Gasteiger partial charge in [0.1, 0.15) is 0 Å². The molecule has 0 aromatic heterocycles. The maximum atomic E-state index is 5.97. The van der Waals surface area contributed by atoms with E-state index in [0.717, 1.165) is 6.61 Å². The molecule has 1 heteroatoms. The van der Waals surface area contributed by atoms with E-state index in [1.54, 1.807) is 0 Å². The van der Waals surface area contributed by atoms with Gasteiger partial charge < -0.3 is 4.74 Å². The van der Waals surface area contributed by atoms with Crippen molar-refractivity contribution in [1.29, 1.82) is 0 Å². The molecule has 0 bridgehead atoms. The van der Waals surface area contributed by atoms with Crippen LogP contribution in [0.5, 0.6) is 0 Å². The van der Waals surface area contributed by atoms with Gasteiger partial charge in [-0.2, -0.15) is 0 Å². The van der Waals surface area contributed by atoms with Gasteiger partial charge >= 0.3 is 0 Å². The number of hydrogen-bond donors (Lipinski definition) is 0. The molecule has 2 aliphatic rings. The summed E-state index contributed by atoms with van der Waals surface area (Å²) in [5.41, 5.74) is 2.91. The molecule has 2 fully saturated rings. The fourth-order valence-corrected chi connectivity index (χ4v) is 3.91. The van der Waals surface area contributed by atoms with Gasteiger partial charge in [0, 0.05) is 12.5 Å². The Morgan fingerprint density at radius 3 is 1.95 bits per heavy atom. The molecule has 19 heavy (non-hydrogen) atoms. The first-order chi connectivity index (χ1) is 9.45. The number of ether oxygens (including phenoxy) is 1. The zero-order valence-electron chi connectivity index (χ0n) is 10.9. The van der Waals surface area contributed by atoms with E-state index in [9.17, 15) is 0 Å². The van der Waals surface area contributed by atoms with Crippen molar-refractivity contribution in [3.63, 3.8) is 0 Å². The highest BCUT2D eigenvalue weighted by Gasteiger charge is 2.54. The molecule has 1 saturated heterocycles. The summed E-state index contributed by atoms with van der Waals surface area (Å²) in [6, 6.07) is 21.8. The predicted molar refractivity (Wildman–Crippen MR) is 76.2 cm³/mol. The van der Waals surface area contributed by atoms with Crippen molar-refractivity contribution in [3.8, 4) is 0 Å². The first-order valence-corrected chi connectivity index (χ1v) is 7.16. The summed E-state index contributed by atoms with van der Waals surface area (Å²) >= 11 is 0. The lowest BCUT2D eigenvalue weighted by molar-refractivity contribution is -0.00899. The van der Waals surface area contributed by atoms with E-state index in [1.165, 1.54) is 17.5 Å². The van der Waals surface area contributed by atoms with Crippen LogP contribution in [0.3, 0.4) is 0 Å². The molecule has 1 nitrogen and oxygen atoms in total. The molecule has 0 spiro atoms. The molecule has 1 heterocycles. The van der Waals surface area contributed by atoms with Crippen molar-refractivity contribution in [2.45, 2.75) is 24.4 Å². The summed E-state index contributed by atoms with van der Waals surface area (Å²) in [5.74, 6) is 1.89. The first kappa shape index (κ1) is 11.2. The van der Waals surface area contributed by atoms with Gasteiger partial charge in [-0.15, -0.1) is 0 Å². The fraction of sp³-hybridized carbons (Fsp3) is 0.333. The normalized spacial score (nSPS) is 32.6. The molecule has 2 aromatic carbocycles. The summed E-state index contributed by atoms with van der Waals surface area (Å²) in [6.07, 6.45) is 1.65. The number of hydrogen-bond acceptors (Lipinski definition) is 1. The Balaban J connectivity index is 1.72. The van der Waals surface area contributed by atoms with Crippen LogP contribution in [0.15, 0.2) is 60.7 Å². The minimum Gasteiger partial charge on any atom is -0.377 e. The molecule has 2 aromatic rings. The van der Waals surface area contributed by atoms with Crippen LogP contribution in [0.4, 0.5) is 0 Å². The number of fused-ring (bicyclic) bond motifs is 1.